The van der Waals surface area contributed by atoms with Gasteiger partial charge < -0.3 is 14.7 Å². The molecule has 3 heterocycles. The summed E-state index contributed by atoms with van der Waals surface area (Å²) in [5.41, 5.74) is 9.44. The van der Waals surface area contributed by atoms with Gasteiger partial charge in [-0.05, 0) is 41.5 Å². The summed E-state index contributed by atoms with van der Waals surface area (Å²) in [4.78, 5) is 31.4. The van der Waals surface area contributed by atoms with Crippen LogP contribution in [0.4, 0.5) is 0 Å². The molecule has 4 atom stereocenters. The van der Waals surface area contributed by atoms with E-state index in [1.807, 2.05) is 41.3 Å². The molecule has 3 N–H and O–H groups in total. The zero-order valence-corrected chi connectivity index (χ0v) is 18.0. The van der Waals surface area contributed by atoms with Crippen molar-refractivity contribution in [1.82, 2.24) is 20.7 Å². The number of methoxy groups -OCH3 is 1. The van der Waals surface area contributed by atoms with Gasteiger partial charge in [0.25, 0.3) is 0 Å². The predicted octanol–water partition coefficient (Wildman–Crippen LogP) is 2.49. The number of aromatic nitrogens is 1. The lowest BCUT2D eigenvalue weighted by molar-refractivity contribution is -0.131. The maximum Gasteiger partial charge on any atom is 0.337 e. The second kappa shape index (κ2) is 8.65. The van der Waals surface area contributed by atoms with Crippen LogP contribution in [0.3, 0.4) is 0 Å². The average molecular weight is 444 g/mol. The molecule has 2 aliphatic heterocycles. The maximum atomic E-state index is 13.5. The van der Waals surface area contributed by atoms with Crippen molar-refractivity contribution in [3.05, 3.63) is 95.3 Å². The zero-order chi connectivity index (χ0) is 22.9. The molecule has 2 aromatic carbocycles. The molecule has 0 spiro atoms. The first kappa shape index (κ1) is 21.1. The Morgan fingerprint density at radius 1 is 1.03 bits per heavy atom. The second-order valence-electron chi connectivity index (χ2n) is 8.26. The van der Waals surface area contributed by atoms with Gasteiger partial charge in [0.2, 0.25) is 5.91 Å². The van der Waals surface area contributed by atoms with E-state index < -0.39 is 12.0 Å². The smallest absolute Gasteiger partial charge is 0.337 e. The van der Waals surface area contributed by atoms with Crippen LogP contribution >= 0.6 is 0 Å². The van der Waals surface area contributed by atoms with Crippen LogP contribution in [0.15, 0.2) is 73.1 Å². The summed E-state index contributed by atoms with van der Waals surface area (Å²) in [6.45, 7) is 0.424. The Balaban J connectivity index is 1.56. The molecule has 2 saturated heterocycles. The molecule has 4 unspecified atom stereocenters. The molecule has 0 saturated carbocycles. The highest BCUT2D eigenvalue weighted by atomic mass is 16.5. The SMILES string of the molecule is COC(=O)c1ccc(C2C3C(NNC3c3ccccc3O)C(=O)N2Cc2ccncc2)cc1. The summed E-state index contributed by atoms with van der Waals surface area (Å²) >= 11 is 0. The molecule has 0 aliphatic carbocycles. The van der Waals surface area contributed by atoms with Crippen molar-refractivity contribution in [2.75, 3.05) is 7.11 Å². The summed E-state index contributed by atoms with van der Waals surface area (Å²) in [5, 5.41) is 10.5. The lowest BCUT2D eigenvalue weighted by Crippen LogP contribution is -2.41. The van der Waals surface area contributed by atoms with E-state index in [1.165, 1.54) is 7.11 Å². The number of carbonyl (C=O) groups excluding carboxylic acids is 2. The topological polar surface area (TPSA) is 104 Å². The molecule has 5 rings (SSSR count). The highest BCUT2D eigenvalue weighted by Gasteiger charge is 2.55. The summed E-state index contributed by atoms with van der Waals surface area (Å²) < 4.78 is 4.82. The van der Waals surface area contributed by atoms with Crippen molar-refractivity contribution in [3.63, 3.8) is 0 Å². The molecular weight excluding hydrogens is 420 g/mol. The molecule has 3 aromatic rings. The Morgan fingerprint density at radius 3 is 2.42 bits per heavy atom. The Kier molecular flexibility index (Phi) is 5.53. The van der Waals surface area contributed by atoms with Gasteiger partial charge in [-0.3, -0.25) is 9.78 Å². The third-order valence-corrected chi connectivity index (χ3v) is 6.46. The van der Waals surface area contributed by atoms with E-state index in [0.29, 0.717) is 12.1 Å². The van der Waals surface area contributed by atoms with Crippen LogP contribution < -0.4 is 10.9 Å². The third kappa shape index (κ3) is 3.73. The number of hydrazine groups is 1. The summed E-state index contributed by atoms with van der Waals surface area (Å²) in [6.07, 6.45) is 3.42. The van der Waals surface area contributed by atoms with Crippen LogP contribution in [-0.4, -0.2) is 40.0 Å². The van der Waals surface area contributed by atoms with Crippen molar-refractivity contribution >= 4 is 11.9 Å². The van der Waals surface area contributed by atoms with Crippen molar-refractivity contribution in [1.29, 1.82) is 0 Å². The van der Waals surface area contributed by atoms with E-state index in [-0.39, 0.29) is 29.7 Å². The van der Waals surface area contributed by atoms with Crippen LogP contribution in [0, 0.1) is 5.92 Å². The number of para-hydroxylation sites is 1. The summed E-state index contributed by atoms with van der Waals surface area (Å²) in [6, 6.07) is 17.1. The van der Waals surface area contributed by atoms with Crippen LogP contribution in [-0.2, 0) is 16.1 Å². The van der Waals surface area contributed by atoms with Gasteiger partial charge in [0.05, 0.1) is 24.8 Å². The van der Waals surface area contributed by atoms with Gasteiger partial charge in [0.1, 0.15) is 11.8 Å². The number of carbonyl (C=O) groups is 2. The first-order chi connectivity index (χ1) is 16.1. The number of phenols is 1. The molecule has 2 fully saturated rings. The second-order valence-corrected chi connectivity index (χ2v) is 8.26. The number of hydrogen-bond acceptors (Lipinski definition) is 7. The molecule has 8 nitrogen and oxygen atoms in total. The lowest BCUT2D eigenvalue weighted by atomic mass is 9.83. The molecule has 33 heavy (non-hydrogen) atoms. The molecule has 8 heteroatoms. The number of aromatic hydroxyl groups is 1. The number of benzene rings is 2. The molecule has 1 amide bonds. The van der Waals surface area contributed by atoms with Crippen molar-refractivity contribution < 1.29 is 19.4 Å². The minimum absolute atomic E-state index is 0.0238. The Morgan fingerprint density at radius 2 is 1.73 bits per heavy atom. The fourth-order valence-electron chi connectivity index (χ4n) is 4.91. The summed E-state index contributed by atoms with van der Waals surface area (Å²) in [5.74, 6) is -0.440. The Bertz CT molecular complexity index is 1170. The van der Waals surface area contributed by atoms with Crippen LogP contribution in [0.1, 0.15) is 39.1 Å². The lowest BCUT2D eigenvalue weighted by Gasteiger charge is -2.31. The monoisotopic (exact) mass is 444 g/mol. The minimum atomic E-state index is -0.457. The minimum Gasteiger partial charge on any atom is -0.508 e. The maximum absolute atomic E-state index is 13.5. The third-order valence-electron chi connectivity index (χ3n) is 6.46. The zero-order valence-electron chi connectivity index (χ0n) is 18.0. The van der Waals surface area contributed by atoms with Crippen molar-refractivity contribution in [2.24, 2.45) is 5.92 Å². The number of ether oxygens (including phenoxy) is 1. The molecular formula is C25H24N4O4. The number of amides is 1. The number of phenolic OH excluding ortho intramolecular Hbond substituents is 1. The number of nitrogens with one attached hydrogen (secondary N) is 2. The van der Waals surface area contributed by atoms with Gasteiger partial charge in [-0.25, -0.2) is 15.6 Å². The van der Waals surface area contributed by atoms with E-state index in [1.54, 1.807) is 36.7 Å². The van der Waals surface area contributed by atoms with E-state index in [0.717, 1.165) is 16.7 Å². The molecule has 2 aliphatic rings. The molecule has 0 bridgehead atoms. The first-order valence-electron chi connectivity index (χ1n) is 10.7. The number of nitrogens with zero attached hydrogens (tertiary/aromatic N) is 2. The van der Waals surface area contributed by atoms with Gasteiger partial charge in [0.15, 0.2) is 0 Å². The largest absolute Gasteiger partial charge is 0.508 e. The number of hydrogen-bond donors (Lipinski definition) is 3. The Labute approximate surface area is 191 Å². The highest BCUT2D eigenvalue weighted by molar-refractivity contribution is 5.89. The Hall–Kier alpha value is -3.75. The van der Waals surface area contributed by atoms with Gasteiger partial charge in [-0.15, -0.1) is 0 Å². The number of rotatable bonds is 5. The van der Waals surface area contributed by atoms with Gasteiger partial charge in [-0.2, -0.15) is 0 Å². The van der Waals surface area contributed by atoms with Crippen LogP contribution in [0.25, 0.3) is 0 Å². The highest BCUT2D eigenvalue weighted by Crippen LogP contribution is 2.48. The standard InChI is InChI=1S/C25H24N4O4/c1-33-25(32)17-8-6-16(7-9-17)23-20-21(18-4-2-3-5-19(18)30)27-28-22(20)24(31)29(23)14-15-10-12-26-13-11-15/h2-13,20-23,27-28,30H,14H2,1H3. The number of esters is 1. The first-order valence-corrected chi connectivity index (χ1v) is 10.7. The van der Waals surface area contributed by atoms with E-state index >= 15 is 0 Å². The average Bonchev–Trinajstić information content (AvgIpc) is 3.39. The van der Waals surface area contributed by atoms with Crippen LogP contribution in [0.5, 0.6) is 5.75 Å². The molecule has 1 aromatic heterocycles. The summed E-state index contributed by atoms with van der Waals surface area (Å²) in [7, 11) is 1.35. The molecule has 168 valence electrons. The molecule has 0 radical (unpaired) electrons. The van der Waals surface area contributed by atoms with Crippen molar-refractivity contribution in [3.8, 4) is 5.75 Å². The van der Waals surface area contributed by atoms with Crippen LogP contribution in [0.2, 0.25) is 0 Å². The quantitative estimate of drug-likeness (QED) is 0.520. The van der Waals surface area contributed by atoms with Gasteiger partial charge >= 0.3 is 5.97 Å². The fourth-order valence-corrected chi connectivity index (χ4v) is 4.91. The van der Waals surface area contributed by atoms with Crippen molar-refractivity contribution in [2.45, 2.75) is 24.7 Å². The van der Waals surface area contributed by atoms with E-state index in [4.69, 9.17) is 4.74 Å². The van der Waals surface area contributed by atoms with E-state index in [2.05, 4.69) is 15.8 Å². The fraction of sp³-hybridized carbons (Fsp3) is 0.240. The number of fused-ring (bicyclic) bond motifs is 1. The normalized spacial score (nSPS) is 24.0. The van der Waals surface area contributed by atoms with Gasteiger partial charge in [-0.1, -0.05) is 30.3 Å². The van der Waals surface area contributed by atoms with E-state index in [9.17, 15) is 14.7 Å². The number of likely N-dealkylation sites (tertiary alicyclic amines) is 1. The number of pyridine rings is 1. The predicted molar refractivity (Wildman–Crippen MR) is 120 cm³/mol. The van der Waals surface area contributed by atoms with Gasteiger partial charge in [0, 0.05) is 30.4 Å².